The van der Waals surface area contributed by atoms with E-state index in [1.165, 1.54) is 54.5 Å². The van der Waals surface area contributed by atoms with Gasteiger partial charge in [-0.15, -0.1) is 0 Å². The molecule has 0 bridgehead atoms. The number of hydrogen-bond acceptors (Lipinski definition) is 5. The molecule has 3 aliphatic heterocycles. The monoisotopic (exact) mass is 383 g/mol. The van der Waals surface area contributed by atoms with Gasteiger partial charge in [0.05, 0.1) is 23.6 Å². The highest BCUT2D eigenvalue weighted by molar-refractivity contribution is 7.89. The van der Waals surface area contributed by atoms with Crippen molar-refractivity contribution in [3.8, 4) is 0 Å². The van der Waals surface area contributed by atoms with Crippen LogP contribution in [0.15, 0.2) is 29.2 Å². The van der Waals surface area contributed by atoms with Crippen LogP contribution in [0.3, 0.4) is 0 Å². The third kappa shape index (κ3) is 3.66. The van der Waals surface area contributed by atoms with Crippen LogP contribution in [0.4, 0.5) is 4.39 Å². The lowest BCUT2D eigenvalue weighted by atomic mass is 10.1. The molecule has 3 aliphatic rings. The quantitative estimate of drug-likeness (QED) is 0.759. The summed E-state index contributed by atoms with van der Waals surface area (Å²) in [7, 11) is -3.62. The van der Waals surface area contributed by atoms with E-state index in [2.05, 4.69) is 9.80 Å². The summed E-state index contributed by atoms with van der Waals surface area (Å²) in [4.78, 5) is 5.00. The van der Waals surface area contributed by atoms with Crippen LogP contribution in [0.1, 0.15) is 12.8 Å². The highest BCUT2D eigenvalue weighted by Gasteiger charge is 2.44. The molecule has 0 amide bonds. The molecule has 6 nitrogen and oxygen atoms in total. The number of halogens is 1. The van der Waals surface area contributed by atoms with Crippen molar-refractivity contribution in [2.24, 2.45) is 0 Å². The van der Waals surface area contributed by atoms with Gasteiger partial charge in [0.2, 0.25) is 10.0 Å². The fourth-order valence-electron chi connectivity index (χ4n) is 4.23. The number of likely N-dealkylation sites (tertiary alicyclic amines) is 1. The summed E-state index contributed by atoms with van der Waals surface area (Å²) >= 11 is 0. The highest BCUT2D eigenvalue weighted by atomic mass is 32.2. The van der Waals surface area contributed by atoms with Crippen LogP contribution in [0.5, 0.6) is 0 Å². The molecule has 3 saturated heterocycles. The number of morpholine rings is 1. The first kappa shape index (κ1) is 18.3. The molecule has 0 aliphatic carbocycles. The molecular weight excluding hydrogens is 357 g/mol. The first-order valence-corrected chi connectivity index (χ1v) is 10.8. The second-order valence-corrected chi connectivity index (χ2v) is 9.28. The number of sulfonamides is 1. The smallest absolute Gasteiger partial charge is 0.243 e. The molecule has 4 rings (SSSR count). The van der Waals surface area contributed by atoms with Gasteiger partial charge in [0, 0.05) is 32.7 Å². The van der Waals surface area contributed by atoms with Crippen molar-refractivity contribution in [3.63, 3.8) is 0 Å². The van der Waals surface area contributed by atoms with Gasteiger partial charge in [-0.3, -0.25) is 4.90 Å². The van der Waals surface area contributed by atoms with Crippen molar-refractivity contribution in [3.05, 3.63) is 30.1 Å². The molecule has 0 N–H and O–H groups in total. The van der Waals surface area contributed by atoms with E-state index in [4.69, 9.17) is 4.74 Å². The molecule has 0 radical (unpaired) electrons. The number of benzene rings is 1. The third-order valence-electron chi connectivity index (χ3n) is 5.74. The molecule has 3 fully saturated rings. The van der Waals surface area contributed by atoms with E-state index in [1.807, 2.05) is 0 Å². The molecule has 3 heterocycles. The normalized spacial score (nSPS) is 28.5. The molecule has 1 aromatic rings. The Morgan fingerprint density at radius 3 is 2.50 bits per heavy atom. The molecule has 0 unspecified atom stereocenters. The zero-order valence-corrected chi connectivity index (χ0v) is 15.7. The van der Waals surface area contributed by atoms with E-state index in [1.54, 1.807) is 0 Å². The predicted octanol–water partition coefficient (Wildman–Crippen LogP) is 0.995. The Balaban J connectivity index is 1.43. The summed E-state index contributed by atoms with van der Waals surface area (Å²) in [6.45, 7) is 6.62. The van der Waals surface area contributed by atoms with E-state index in [0.717, 1.165) is 19.6 Å². The third-order valence-corrected chi connectivity index (χ3v) is 7.58. The number of hydrogen-bond donors (Lipinski definition) is 0. The molecule has 26 heavy (non-hydrogen) atoms. The number of nitrogens with zero attached hydrogens (tertiary/aromatic N) is 3. The lowest BCUT2D eigenvalue weighted by Gasteiger charge is -2.37. The summed E-state index contributed by atoms with van der Waals surface area (Å²) in [5.74, 6) is -0.435. The maximum atomic E-state index is 13.1. The van der Waals surface area contributed by atoms with Gasteiger partial charge in [-0.1, -0.05) is 0 Å². The van der Waals surface area contributed by atoms with E-state index in [0.29, 0.717) is 19.7 Å². The Kier molecular flexibility index (Phi) is 5.29. The van der Waals surface area contributed by atoms with Crippen LogP contribution in [-0.2, 0) is 14.8 Å². The molecule has 0 saturated carbocycles. The topological polar surface area (TPSA) is 53.1 Å². The average molecular weight is 383 g/mol. The first-order chi connectivity index (χ1) is 12.5. The molecule has 144 valence electrons. The first-order valence-electron chi connectivity index (χ1n) is 9.38. The molecule has 0 spiro atoms. The van der Waals surface area contributed by atoms with Crippen LogP contribution >= 0.6 is 0 Å². The summed E-state index contributed by atoms with van der Waals surface area (Å²) < 4.78 is 46.2. The zero-order chi connectivity index (χ0) is 18.1. The Morgan fingerprint density at radius 2 is 1.77 bits per heavy atom. The van der Waals surface area contributed by atoms with Gasteiger partial charge in [0.1, 0.15) is 5.82 Å². The van der Waals surface area contributed by atoms with E-state index in [9.17, 15) is 12.8 Å². The van der Waals surface area contributed by atoms with Crippen LogP contribution in [0.25, 0.3) is 0 Å². The van der Waals surface area contributed by atoms with Crippen LogP contribution in [-0.4, -0.2) is 87.1 Å². The zero-order valence-electron chi connectivity index (χ0n) is 14.9. The summed E-state index contributed by atoms with van der Waals surface area (Å²) in [5.41, 5.74) is 0. The second kappa shape index (κ2) is 7.52. The molecule has 0 aromatic heterocycles. The largest absolute Gasteiger partial charge is 0.374 e. The second-order valence-electron chi connectivity index (χ2n) is 7.34. The van der Waals surface area contributed by atoms with E-state index >= 15 is 0 Å². The van der Waals surface area contributed by atoms with Gasteiger partial charge in [-0.05, 0) is 50.2 Å². The van der Waals surface area contributed by atoms with Crippen molar-refractivity contribution in [1.82, 2.24) is 14.1 Å². The fourth-order valence-corrected chi connectivity index (χ4v) is 5.70. The van der Waals surface area contributed by atoms with Crippen molar-refractivity contribution < 1.29 is 17.5 Å². The van der Waals surface area contributed by atoms with Gasteiger partial charge in [-0.2, -0.15) is 4.31 Å². The number of fused-ring (bicyclic) bond motifs is 1. The molecule has 1 aromatic carbocycles. The van der Waals surface area contributed by atoms with Crippen LogP contribution in [0, 0.1) is 5.82 Å². The van der Waals surface area contributed by atoms with Crippen LogP contribution < -0.4 is 0 Å². The van der Waals surface area contributed by atoms with Crippen molar-refractivity contribution in [1.29, 1.82) is 0 Å². The summed E-state index contributed by atoms with van der Waals surface area (Å²) in [5, 5.41) is 0. The highest BCUT2D eigenvalue weighted by Crippen LogP contribution is 2.28. The van der Waals surface area contributed by atoms with Crippen molar-refractivity contribution in [2.75, 3.05) is 52.4 Å². The van der Waals surface area contributed by atoms with Crippen molar-refractivity contribution >= 4 is 10.0 Å². The average Bonchev–Trinajstić information content (AvgIpc) is 3.30. The minimum Gasteiger partial charge on any atom is -0.374 e. The number of rotatable bonds is 5. The lowest BCUT2D eigenvalue weighted by molar-refractivity contribution is -0.0485. The maximum Gasteiger partial charge on any atom is 0.243 e. The summed E-state index contributed by atoms with van der Waals surface area (Å²) in [6, 6.07) is 5.14. The van der Waals surface area contributed by atoms with E-state index < -0.39 is 15.8 Å². The Hall–Kier alpha value is -1.06. The van der Waals surface area contributed by atoms with Gasteiger partial charge in [0.25, 0.3) is 0 Å². The van der Waals surface area contributed by atoms with Crippen LogP contribution in [0.2, 0.25) is 0 Å². The van der Waals surface area contributed by atoms with Gasteiger partial charge in [0.15, 0.2) is 0 Å². The van der Waals surface area contributed by atoms with Crippen molar-refractivity contribution in [2.45, 2.75) is 29.9 Å². The standard InChI is InChI=1S/C18H26FN3O3S/c19-15-3-5-16(6-4-15)26(23,24)22-13-17-18(14-22)25-12-11-21(17)10-9-20-7-1-2-8-20/h3-6,17-18H,1-2,7-14H2/t17-,18+/m1/s1. The fraction of sp³-hybridized carbons (Fsp3) is 0.667. The Labute approximate surface area is 154 Å². The minimum atomic E-state index is -3.62. The maximum absolute atomic E-state index is 13.1. The van der Waals surface area contributed by atoms with Gasteiger partial charge < -0.3 is 9.64 Å². The van der Waals surface area contributed by atoms with Gasteiger partial charge in [-0.25, -0.2) is 12.8 Å². The SMILES string of the molecule is O=S(=O)(c1ccc(F)cc1)N1C[C@@H]2OCCN(CCN3CCCC3)[C@@H]2C1. The lowest BCUT2D eigenvalue weighted by Crippen LogP contribution is -2.52. The molecule has 2 atom stereocenters. The Morgan fingerprint density at radius 1 is 1.04 bits per heavy atom. The Bertz CT molecular complexity index is 722. The number of ether oxygens (including phenoxy) is 1. The molecular formula is C18H26FN3O3S. The summed E-state index contributed by atoms with van der Waals surface area (Å²) in [6.07, 6.45) is 2.47. The van der Waals surface area contributed by atoms with Gasteiger partial charge >= 0.3 is 0 Å². The predicted molar refractivity (Wildman–Crippen MR) is 95.9 cm³/mol. The minimum absolute atomic E-state index is 0.0856. The molecule has 8 heteroatoms. The van der Waals surface area contributed by atoms with E-state index in [-0.39, 0.29) is 17.0 Å².